The predicted octanol–water partition coefficient (Wildman–Crippen LogP) is 7.75. The molecule has 4 saturated carbocycles. The third-order valence-electron chi connectivity index (χ3n) is 11.9. The highest BCUT2D eigenvalue weighted by Gasteiger charge is 2.68. The summed E-state index contributed by atoms with van der Waals surface area (Å²) >= 11 is 0. The van der Waals surface area contributed by atoms with Gasteiger partial charge in [0.25, 0.3) is 0 Å². The zero-order chi connectivity index (χ0) is 27.5. The summed E-state index contributed by atoms with van der Waals surface area (Å²) in [5, 5.41) is 9.26. The van der Waals surface area contributed by atoms with Crippen molar-refractivity contribution in [3.63, 3.8) is 0 Å². The summed E-state index contributed by atoms with van der Waals surface area (Å²) in [6.07, 6.45) is 1.86. The standard InChI is InChI=1S/C30H47F3O4/c1-7-19-22-14-16(2)12-13-28(22,5)25-18(4)15-29(6)20(17(3)8-11-23(34)35)9-10-21(29)24(25)26(19)37-27(36)30(31,32)33/h16-22,24-26H,7-15H2,1-6H3,(H,34,35)/t16-,17-,18?,19-,20-,21?,22+,24?,25?,26?,28+,29-/m1/s1. The fourth-order valence-electron chi connectivity index (χ4n) is 10.7. The van der Waals surface area contributed by atoms with Crippen molar-refractivity contribution in [3.05, 3.63) is 0 Å². The molecule has 4 fully saturated rings. The molecule has 5 unspecified atom stereocenters. The number of halogens is 3. The van der Waals surface area contributed by atoms with E-state index in [4.69, 9.17) is 4.74 Å². The second-order valence-corrected chi connectivity index (χ2v) is 13.9. The highest BCUT2D eigenvalue weighted by atomic mass is 19.4. The monoisotopic (exact) mass is 528 g/mol. The number of alkyl halides is 3. The third-order valence-corrected chi connectivity index (χ3v) is 11.9. The number of esters is 1. The van der Waals surface area contributed by atoms with E-state index in [1.165, 1.54) is 0 Å². The van der Waals surface area contributed by atoms with Gasteiger partial charge in [-0.2, -0.15) is 13.2 Å². The number of fused-ring (bicyclic) bond motifs is 5. The van der Waals surface area contributed by atoms with Crippen molar-refractivity contribution in [3.8, 4) is 0 Å². The first-order chi connectivity index (χ1) is 17.1. The minimum Gasteiger partial charge on any atom is -0.481 e. The summed E-state index contributed by atoms with van der Waals surface area (Å²) in [7, 11) is 0. The number of rotatable bonds is 6. The molecule has 1 N–H and O–H groups in total. The van der Waals surface area contributed by atoms with Crippen molar-refractivity contribution in [2.45, 2.75) is 112 Å². The smallest absolute Gasteiger partial charge is 0.481 e. The normalized spacial score (nSPS) is 46.4. The highest BCUT2D eigenvalue weighted by molar-refractivity contribution is 5.75. The SMILES string of the molecule is CC[C@H]1C(OC(=O)C(F)(F)F)C2C3CC[C@H]([C@H](C)CCC(=O)O)[C@@]3(C)CC(C)C2[C@@]2(C)CC[C@@H](C)C[C@@H]12. The molecule has 37 heavy (non-hydrogen) atoms. The van der Waals surface area contributed by atoms with Crippen LogP contribution >= 0.6 is 0 Å². The second-order valence-electron chi connectivity index (χ2n) is 13.9. The number of carbonyl (C=O) groups excluding carboxylic acids is 1. The Kier molecular flexibility index (Phi) is 7.80. The maximum Gasteiger partial charge on any atom is 0.490 e. The molecule has 0 aliphatic heterocycles. The van der Waals surface area contributed by atoms with Crippen LogP contribution in [0.15, 0.2) is 0 Å². The zero-order valence-electron chi connectivity index (χ0n) is 23.4. The topological polar surface area (TPSA) is 63.6 Å². The Morgan fingerprint density at radius 3 is 2.35 bits per heavy atom. The number of ether oxygens (including phenoxy) is 1. The van der Waals surface area contributed by atoms with Crippen molar-refractivity contribution in [2.24, 2.45) is 64.1 Å². The van der Waals surface area contributed by atoms with Gasteiger partial charge in [-0.3, -0.25) is 4.79 Å². The number of aliphatic carboxylic acids is 1. The lowest BCUT2D eigenvalue weighted by molar-refractivity contribution is -0.247. The Balaban J connectivity index is 1.76. The lowest BCUT2D eigenvalue weighted by Gasteiger charge is -2.67. The number of hydrogen-bond donors (Lipinski definition) is 1. The summed E-state index contributed by atoms with van der Waals surface area (Å²) < 4.78 is 46.2. The van der Waals surface area contributed by atoms with Gasteiger partial charge in [0.2, 0.25) is 0 Å². The van der Waals surface area contributed by atoms with Gasteiger partial charge in [-0.25, -0.2) is 4.79 Å². The summed E-state index contributed by atoms with van der Waals surface area (Å²) in [4.78, 5) is 23.6. The van der Waals surface area contributed by atoms with E-state index < -0.39 is 24.2 Å². The molecule has 4 rings (SSSR count). The third kappa shape index (κ3) is 4.83. The molecule has 0 heterocycles. The van der Waals surface area contributed by atoms with Crippen LogP contribution in [0.1, 0.15) is 99.3 Å². The minimum atomic E-state index is -5.00. The van der Waals surface area contributed by atoms with E-state index in [9.17, 15) is 27.9 Å². The molecule has 0 radical (unpaired) electrons. The molecule has 4 aliphatic carbocycles. The molecule has 7 heteroatoms. The van der Waals surface area contributed by atoms with Crippen LogP contribution < -0.4 is 0 Å². The van der Waals surface area contributed by atoms with E-state index in [2.05, 4.69) is 41.5 Å². The van der Waals surface area contributed by atoms with Crippen molar-refractivity contribution in [1.82, 2.24) is 0 Å². The van der Waals surface area contributed by atoms with Crippen LogP contribution in [0.2, 0.25) is 0 Å². The Morgan fingerprint density at radius 2 is 1.76 bits per heavy atom. The van der Waals surface area contributed by atoms with Gasteiger partial charge in [-0.15, -0.1) is 0 Å². The molecule has 0 aromatic rings. The van der Waals surface area contributed by atoms with Gasteiger partial charge < -0.3 is 9.84 Å². The van der Waals surface area contributed by atoms with Crippen LogP contribution in [0.4, 0.5) is 13.2 Å². The summed E-state index contributed by atoms with van der Waals surface area (Å²) in [5.41, 5.74) is -0.0579. The molecule has 0 spiro atoms. The number of carbonyl (C=O) groups is 2. The Hall–Kier alpha value is -1.27. The molecular weight excluding hydrogens is 481 g/mol. The molecule has 12 atom stereocenters. The molecule has 4 nitrogen and oxygen atoms in total. The van der Waals surface area contributed by atoms with Gasteiger partial charge in [0.15, 0.2) is 0 Å². The van der Waals surface area contributed by atoms with Gasteiger partial charge in [-0.05, 0) is 103 Å². The van der Waals surface area contributed by atoms with E-state index in [1.807, 2.05) is 0 Å². The largest absolute Gasteiger partial charge is 0.490 e. The van der Waals surface area contributed by atoms with Crippen LogP contribution in [0.25, 0.3) is 0 Å². The lowest BCUT2D eigenvalue weighted by Crippen LogP contribution is -2.64. The zero-order valence-corrected chi connectivity index (χ0v) is 23.4. The minimum absolute atomic E-state index is 0.0345. The Labute approximate surface area is 220 Å². The fraction of sp³-hybridized carbons (Fsp3) is 0.933. The summed E-state index contributed by atoms with van der Waals surface area (Å²) in [6, 6.07) is 0. The Bertz CT molecular complexity index is 873. The van der Waals surface area contributed by atoms with Crippen molar-refractivity contribution in [1.29, 1.82) is 0 Å². The highest BCUT2D eigenvalue weighted by Crippen LogP contribution is 2.71. The average Bonchev–Trinajstić information content (AvgIpc) is 3.14. The van der Waals surface area contributed by atoms with Crippen LogP contribution in [-0.2, 0) is 14.3 Å². The van der Waals surface area contributed by atoms with E-state index >= 15 is 0 Å². The lowest BCUT2D eigenvalue weighted by atomic mass is 9.39. The molecule has 0 amide bonds. The number of carboxylic acids is 1. The van der Waals surface area contributed by atoms with Crippen molar-refractivity contribution >= 4 is 11.9 Å². The van der Waals surface area contributed by atoms with E-state index in [1.54, 1.807) is 0 Å². The quantitative estimate of drug-likeness (QED) is 0.358. The van der Waals surface area contributed by atoms with Gasteiger partial charge >= 0.3 is 18.1 Å². The Morgan fingerprint density at radius 1 is 1.08 bits per heavy atom. The first kappa shape index (κ1) is 28.7. The molecule has 0 aromatic carbocycles. The number of hydrogen-bond acceptors (Lipinski definition) is 3. The first-order valence-corrected chi connectivity index (χ1v) is 14.6. The van der Waals surface area contributed by atoms with Crippen LogP contribution in [0, 0.1) is 64.1 Å². The van der Waals surface area contributed by atoms with Crippen molar-refractivity contribution in [2.75, 3.05) is 0 Å². The van der Waals surface area contributed by atoms with E-state index in [0.717, 1.165) is 38.5 Å². The molecule has 0 aromatic heterocycles. The first-order valence-electron chi connectivity index (χ1n) is 14.6. The van der Waals surface area contributed by atoms with Gasteiger partial charge in [0.05, 0.1) is 0 Å². The van der Waals surface area contributed by atoms with Crippen LogP contribution in [0.3, 0.4) is 0 Å². The fourth-order valence-corrected chi connectivity index (χ4v) is 10.7. The molecule has 0 bridgehead atoms. The van der Waals surface area contributed by atoms with E-state index in [-0.39, 0.29) is 52.8 Å². The van der Waals surface area contributed by atoms with Crippen molar-refractivity contribution < 1.29 is 32.6 Å². The molecule has 0 saturated heterocycles. The van der Waals surface area contributed by atoms with Gasteiger partial charge in [-0.1, -0.05) is 48.0 Å². The molecule has 4 aliphatic rings. The number of carboxylic acid groups (broad SMARTS) is 1. The maximum absolute atomic E-state index is 13.5. The predicted molar refractivity (Wildman–Crippen MR) is 135 cm³/mol. The summed E-state index contributed by atoms with van der Waals surface area (Å²) in [6.45, 7) is 13.4. The van der Waals surface area contributed by atoms with E-state index in [0.29, 0.717) is 30.6 Å². The van der Waals surface area contributed by atoms with Gasteiger partial charge in [0, 0.05) is 12.3 Å². The maximum atomic E-state index is 13.5. The second kappa shape index (κ2) is 10.0. The summed E-state index contributed by atoms with van der Waals surface area (Å²) in [5.74, 6) is -0.915. The van der Waals surface area contributed by atoms with Crippen LogP contribution in [0.5, 0.6) is 0 Å². The van der Waals surface area contributed by atoms with Crippen LogP contribution in [-0.4, -0.2) is 29.3 Å². The molecule has 212 valence electrons. The average molecular weight is 529 g/mol. The molecular formula is C30H47F3O4. The van der Waals surface area contributed by atoms with Gasteiger partial charge in [0.1, 0.15) is 6.10 Å².